The van der Waals surface area contributed by atoms with Crippen LogP contribution in [0.1, 0.15) is 30.1 Å². The third-order valence-corrected chi connectivity index (χ3v) is 3.68. The first-order valence-electron chi connectivity index (χ1n) is 6.57. The number of aromatic carboxylic acids is 1. The summed E-state index contributed by atoms with van der Waals surface area (Å²) in [4.78, 5) is 13.5. The van der Waals surface area contributed by atoms with Crippen molar-refractivity contribution in [1.82, 2.24) is 4.90 Å². The average molecular weight is 263 g/mol. The third-order valence-electron chi connectivity index (χ3n) is 3.68. The number of anilines is 2. The summed E-state index contributed by atoms with van der Waals surface area (Å²) in [6, 6.07) is 5.99. The van der Waals surface area contributed by atoms with Crippen LogP contribution in [0.3, 0.4) is 0 Å². The van der Waals surface area contributed by atoms with Crippen LogP contribution in [0.4, 0.5) is 11.4 Å². The molecule has 1 atom stereocenters. The number of benzene rings is 1. The van der Waals surface area contributed by atoms with Crippen molar-refractivity contribution < 1.29 is 9.90 Å². The lowest BCUT2D eigenvalue weighted by Gasteiger charge is -2.25. The van der Waals surface area contributed by atoms with Crippen molar-refractivity contribution in [3.8, 4) is 0 Å². The third kappa shape index (κ3) is 3.38. The maximum absolute atomic E-state index is 11.2. The average Bonchev–Trinajstić information content (AvgIpc) is 3.20. The van der Waals surface area contributed by atoms with Gasteiger partial charge in [-0.2, -0.15) is 0 Å². The number of nitrogens with one attached hydrogen (secondary N) is 1. The molecular formula is C14H21N3O2. The first-order valence-corrected chi connectivity index (χ1v) is 6.57. The highest BCUT2D eigenvalue weighted by Crippen LogP contribution is 2.27. The van der Waals surface area contributed by atoms with E-state index in [-0.39, 0.29) is 5.56 Å². The fraction of sp³-hybridized carbons (Fsp3) is 0.500. The molecule has 1 aliphatic carbocycles. The van der Waals surface area contributed by atoms with Crippen LogP contribution in [0, 0.1) is 0 Å². The van der Waals surface area contributed by atoms with Crippen LogP contribution >= 0.6 is 0 Å². The topological polar surface area (TPSA) is 78.6 Å². The van der Waals surface area contributed by atoms with Crippen LogP contribution in [0.2, 0.25) is 0 Å². The van der Waals surface area contributed by atoms with E-state index in [1.165, 1.54) is 18.9 Å². The van der Waals surface area contributed by atoms with E-state index in [4.69, 9.17) is 10.8 Å². The Bertz CT molecular complexity index is 472. The molecular weight excluding hydrogens is 242 g/mol. The van der Waals surface area contributed by atoms with Gasteiger partial charge in [0, 0.05) is 30.0 Å². The van der Waals surface area contributed by atoms with Gasteiger partial charge in [-0.05, 0) is 45.0 Å². The first kappa shape index (κ1) is 13.7. The fourth-order valence-electron chi connectivity index (χ4n) is 2.14. The first-order chi connectivity index (χ1) is 8.99. The molecule has 1 aromatic carbocycles. The number of nitrogens with two attached hydrogens (primary N) is 1. The minimum Gasteiger partial charge on any atom is -0.478 e. The fourth-order valence-corrected chi connectivity index (χ4v) is 2.14. The van der Waals surface area contributed by atoms with Crippen LogP contribution in [0.25, 0.3) is 0 Å². The largest absolute Gasteiger partial charge is 0.478 e. The van der Waals surface area contributed by atoms with E-state index < -0.39 is 5.97 Å². The zero-order chi connectivity index (χ0) is 14.0. The number of hydrogen-bond acceptors (Lipinski definition) is 4. The van der Waals surface area contributed by atoms with Crippen molar-refractivity contribution >= 4 is 17.3 Å². The zero-order valence-corrected chi connectivity index (χ0v) is 11.4. The van der Waals surface area contributed by atoms with Crippen molar-refractivity contribution in [2.24, 2.45) is 0 Å². The van der Waals surface area contributed by atoms with E-state index in [9.17, 15) is 4.79 Å². The summed E-state index contributed by atoms with van der Waals surface area (Å²) in [5, 5.41) is 12.4. The maximum Gasteiger partial charge on any atom is 0.337 e. The van der Waals surface area contributed by atoms with Crippen LogP contribution < -0.4 is 11.1 Å². The molecule has 5 nitrogen and oxygen atoms in total. The molecule has 5 heteroatoms. The molecule has 0 aromatic heterocycles. The summed E-state index contributed by atoms with van der Waals surface area (Å²) in [7, 11) is 2.12. The summed E-state index contributed by atoms with van der Waals surface area (Å²) >= 11 is 0. The molecule has 1 aromatic rings. The lowest BCUT2D eigenvalue weighted by Crippen LogP contribution is -2.36. The monoisotopic (exact) mass is 263 g/mol. The van der Waals surface area contributed by atoms with E-state index >= 15 is 0 Å². The number of carboxylic acids is 1. The zero-order valence-electron chi connectivity index (χ0n) is 11.4. The Morgan fingerprint density at radius 2 is 2.26 bits per heavy atom. The smallest absolute Gasteiger partial charge is 0.337 e. The number of nitrogen functional groups attached to an aromatic ring is 1. The second-order valence-corrected chi connectivity index (χ2v) is 5.24. The molecule has 1 fully saturated rings. The predicted molar refractivity (Wildman–Crippen MR) is 76.6 cm³/mol. The Kier molecular flexibility index (Phi) is 3.95. The van der Waals surface area contributed by atoms with Crippen LogP contribution in [0.15, 0.2) is 18.2 Å². The quantitative estimate of drug-likeness (QED) is 0.683. The van der Waals surface area contributed by atoms with Gasteiger partial charge in [0.25, 0.3) is 0 Å². The van der Waals surface area contributed by atoms with Crippen molar-refractivity contribution in [3.05, 3.63) is 23.8 Å². The van der Waals surface area contributed by atoms with Gasteiger partial charge >= 0.3 is 5.97 Å². The summed E-state index contributed by atoms with van der Waals surface area (Å²) in [6.45, 7) is 2.86. The van der Waals surface area contributed by atoms with Crippen LogP contribution in [-0.4, -0.2) is 41.7 Å². The lowest BCUT2D eigenvalue weighted by molar-refractivity contribution is 0.0698. The summed E-state index contributed by atoms with van der Waals surface area (Å²) in [5.41, 5.74) is 6.93. The van der Waals surface area contributed by atoms with E-state index in [1.54, 1.807) is 12.1 Å². The second-order valence-electron chi connectivity index (χ2n) is 5.24. The number of carbonyl (C=O) groups is 1. The van der Waals surface area contributed by atoms with Crippen molar-refractivity contribution in [2.45, 2.75) is 31.8 Å². The Morgan fingerprint density at radius 1 is 1.58 bits per heavy atom. The molecule has 1 aliphatic rings. The number of nitrogens with zero attached hydrogens (tertiary/aromatic N) is 1. The molecule has 0 saturated heterocycles. The molecule has 0 aliphatic heterocycles. The van der Waals surface area contributed by atoms with E-state index in [0.717, 1.165) is 6.54 Å². The van der Waals surface area contributed by atoms with Crippen LogP contribution in [0.5, 0.6) is 0 Å². The number of rotatable bonds is 6. The van der Waals surface area contributed by atoms with Crippen molar-refractivity contribution in [1.29, 1.82) is 0 Å². The van der Waals surface area contributed by atoms with Crippen molar-refractivity contribution in [3.63, 3.8) is 0 Å². The molecule has 1 unspecified atom stereocenters. The standard InChI is InChI=1S/C14H21N3O2/c1-9(17(2)11-4-5-11)8-16-13-6-3-10(15)7-12(13)14(18)19/h3,6-7,9,11,16H,4-5,8,15H2,1-2H3,(H,18,19). The van der Waals surface area contributed by atoms with Gasteiger partial charge in [0.2, 0.25) is 0 Å². The summed E-state index contributed by atoms with van der Waals surface area (Å²) < 4.78 is 0. The summed E-state index contributed by atoms with van der Waals surface area (Å²) in [5.74, 6) is -0.960. The number of hydrogen-bond donors (Lipinski definition) is 3. The number of carboxylic acid groups (broad SMARTS) is 1. The van der Waals surface area contributed by atoms with Gasteiger partial charge in [-0.1, -0.05) is 0 Å². The van der Waals surface area contributed by atoms with Gasteiger partial charge in [-0.25, -0.2) is 4.79 Å². The molecule has 4 N–H and O–H groups in total. The molecule has 0 bridgehead atoms. The predicted octanol–water partition coefficient (Wildman–Crippen LogP) is 1.86. The SMILES string of the molecule is CC(CNc1ccc(N)cc1C(=O)O)N(C)C1CC1. The van der Waals surface area contributed by atoms with E-state index in [2.05, 4.69) is 24.2 Å². The van der Waals surface area contributed by atoms with E-state index in [1.807, 2.05) is 0 Å². The number of likely N-dealkylation sites (N-methyl/N-ethyl adjacent to an activating group) is 1. The van der Waals surface area contributed by atoms with Gasteiger partial charge in [-0.3, -0.25) is 4.90 Å². The Labute approximate surface area is 113 Å². The minimum absolute atomic E-state index is 0.223. The second kappa shape index (κ2) is 5.48. The molecule has 0 heterocycles. The molecule has 0 amide bonds. The highest BCUT2D eigenvalue weighted by Gasteiger charge is 2.29. The lowest BCUT2D eigenvalue weighted by atomic mass is 10.1. The highest BCUT2D eigenvalue weighted by molar-refractivity contribution is 5.95. The van der Waals surface area contributed by atoms with Gasteiger partial charge in [-0.15, -0.1) is 0 Å². The molecule has 2 rings (SSSR count). The minimum atomic E-state index is -0.960. The van der Waals surface area contributed by atoms with Gasteiger partial charge < -0.3 is 16.2 Å². The molecule has 0 radical (unpaired) electrons. The van der Waals surface area contributed by atoms with Gasteiger partial charge in [0.15, 0.2) is 0 Å². The van der Waals surface area contributed by atoms with E-state index in [0.29, 0.717) is 23.5 Å². The van der Waals surface area contributed by atoms with Gasteiger partial charge in [0.1, 0.15) is 0 Å². The highest BCUT2D eigenvalue weighted by atomic mass is 16.4. The van der Waals surface area contributed by atoms with Crippen LogP contribution in [-0.2, 0) is 0 Å². The molecule has 1 saturated carbocycles. The normalized spacial score (nSPS) is 16.4. The maximum atomic E-state index is 11.2. The Balaban J connectivity index is 2.00. The summed E-state index contributed by atoms with van der Waals surface area (Å²) in [6.07, 6.45) is 2.53. The molecule has 104 valence electrons. The van der Waals surface area contributed by atoms with Gasteiger partial charge in [0.05, 0.1) is 5.56 Å². The molecule has 0 spiro atoms. The Hall–Kier alpha value is -1.75. The molecule has 19 heavy (non-hydrogen) atoms. The Morgan fingerprint density at radius 3 is 2.84 bits per heavy atom. The van der Waals surface area contributed by atoms with Crippen molar-refractivity contribution in [2.75, 3.05) is 24.6 Å².